The summed E-state index contributed by atoms with van der Waals surface area (Å²) in [5, 5.41) is 3.32. The first-order valence-electron chi connectivity index (χ1n) is 7.00. The topological polar surface area (TPSA) is 58.4 Å². The maximum absolute atomic E-state index is 11.5. The molecule has 0 saturated carbocycles. The van der Waals surface area contributed by atoms with E-state index in [0.29, 0.717) is 6.54 Å². The predicted octanol–water partition coefficient (Wildman–Crippen LogP) is 2.26. The Morgan fingerprint density at radius 1 is 1.55 bits per heavy atom. The lowest BCUT2D eigenvalue weighted by atomic mass is 9.89. The SMILES string of the molecule is CCNCc1ccc(N2CCC(C)(C(N)=O)C2)cc1Br. The summed E-state index contributed by atoms with van der Waals surface area (Å²) >= 11 is 3.62. The second-order valence-corrected chi connectivity index (χ2v) is 6.51. The van der Waals surface area contributed by atoms with Gasteiger partial charge in [0.15, 0.2) is 0 Å². The van der Waals surface area contributed by atoms with Crippen molar-refractivity contribution in [3.63, 3.8) is 0 Å². The van der Waals surface area contributed by atoms with Gasteiger partial charge >= 0.3 is 0 Å². The van der Waals surface area contributed by atoms with Crippen LogP contribution in [0.2, 0.25) is 0 Å². The molecule has 1 fully saturated rings. The number of nitrogens with two attached hydrogens (primary N) is 1. The van der Waals surface area contributed by atoms with Gasteiger partial charge in [-0.1, -0.05) is 28.9 Å². The molecule has 5 heteroatoms. The standard InChI is InChI=1S/C15H22BrN3O/c1-3-18-9-11-4-5-12(8-13(11)16)19-7-6-15(2,10-19)14(17)20/h4-5,8,18H,3,6-7,9-10H2,1-2H3,(H2,17,20). The van der Waals surface area contributed by atoms with E-state index in [1.807, 2.05) is 6.92 Å². The number of nitrogens with one attached hydrogen (secondary N) is 1. The van der Waals surface area contributed by atoms with Gasteiger partial charge in [-0.25, -0.2) is 0 Å². The van der Waals surface area contributed by atoms with Crippen molar-refractivity contribution in [3.8, 4) is 0 Å². The number of hydrogen-bond donors (Lipinski definition) is 2. The van der Waals surface area contributed by atoms with Gasteiger partial charge in [0.2, 0.25) is 5.91 Å². The molecule has 1 aromatic rings. The number of hydrogen-bond acceptors (Lipinski definition) is 3. The Labute approximate surface area is 128 Å². The Hall–Kier alpha value is -1.07. The fourth-order valence-electron chi connectivity index (χ4n) is 2.52. The number of halogens is 1. The lowest BCUT2D eigenvalue weighted by molar-refractivity contribution is -0.125. The molecule has 1 saturated heterocycles. The van der Waals surface area contributed by atoms with Gasteiger partial charge in [-0.2, -0.15) is 0 Å². The third-order valence-corrected chi connectivity index (χ3v) is 4.77. The highest BCUT2D eigenvalue weighted by molar-refractivity contribution is 9.10. The molecule has 1 amide bonds. The summed E-state index contributed by atoms with van der Waals surface area (Å²) in [7, 11) is 0. The van der Waals surface area contributed by atoms with Crippen LogP contribution in [0.3, 0.4) is 0 Å². The van der Waals surface area contributed by atoms with E-state index in [9.17, 15) is 4.79 Å². The first-order chi connectivity index (χ1) is 9.46. The van der Waals surface area contributed by atoms with E-state index in [4.69, 9.17) is 5.73 Å². The fourth-order valence-corrected chi connectivity index (χ4v) is 3.03. The van der Waals surface area contributed by atoms with E-state index < -0.39 is 5.41 Å². The van der Waals surface area contributed by atoms with E-state index in [1.165, 1.54) is 5.56 Å². The first-order valence-corrected chi connectivity index (χ1v) is 7.79. The molecule has 20 heavy (non-hydrogen) atoms. The van der Waals surface area contributed by atoms with Gasteiger partial charge in [0.1, 0.15) is 0 Å². The van der Waals surface area contributed by atoms with Crippen molar-refractivity contribution in [2.24, 2.45) is 11.1 Å². The van der Waals surface area contributed by atoms with Gasteiger partial charge in [0, 0.05) is 29.8 Å². The number of rotatable bonds is 5. The molecule has 3 N–H and O–H groups in total. The molecule has 2 rings (SSSR count). The van der Waals surface area contributed by atoms with Crippen LogP contribution in [0, 0.1) is 5.41 Å². The predicted molar refractivity (Wildman–Crippen MR) is 85.7 cm³/mol. The van der Waals surface area contributed by atoms with Gasteiger partial charge in [-0.3, -0.25) is 4.79 Å². The average Bonchev–Trinajstić information content (AvgIpc) is 2.81. The smallest absolute Gasteiger partial charge is 0.225 e. The van der Waals surface area contributed by atoms with Gasteiger partial charge in [-0.15, -0.1) is 0 Å². The number of carbonyl (C=O) groups is 1. The molecular weight excluding hydrogens is 318 g/mol. The Bertz CT molecular complexity index is 506. The number of benzene rings is 1. The molecule has 1 aliphatic rings. The average molecular weight is 340 g/mol. The summed E-state index contributed by atoms with van der Waals surface area (Å²) in [5.41, 5.74) is 7.47. The zero-order valence-electron chi connectivity index (χ0n) is 12.1. The summed E-state index contributed by atoms with van der Waals surface area (Å²) in [6.07, 6.45) is 0.819. The van der Waals surface area contributed by atoms with Crippen LogP contribution < -0.4 is 16.0 Å². The molecule has 1 aromatic carbocycles. The first kappa shape index (κ1) is 15.3. The largest absolute Gasteiger partial charge is 0.370 e. The van der Waals surface area contributed by atoms with E-state index >= 15 is 0 Å². The van der Waals surface area contributed by atoms with Crippen molar-refractivity contribution in [1.29, 1.82) is 0 Å². The molecule has 1 heterocycles. The van der Waals surface area contributed by atoms with Crippen molar-refractivity contribution >= 4 is 27.5 Å². The van der Waals surface area contributed by atoms with Crippen molar-refractivity contribution in [3.05, 3.63) is 28.2 Å². The zero-order valence-corrected chi connectivity index (χ0v) is 13.7. The molecular formula is C15H22BrN3O. The summed E-state index contributed by atoms with van der Waals surface area (Å²) in [6.45, 7) is 7.43. The summed E-state index contributed by atoms with van der Waals surface area (Å²) < 4.78 is 1.10. The van der Waals surface area contributed by atoms with Crippen LogP contribution in [0.1, 0.15) is 25.8 Å². The third kappa shape index (κ3) is 3.15. The van der Waals surface area contributed by atoms with Gasteiger partial charge < -0.3 is 16.0 Å². The molecule has 110 valence electrons. The molecule has 0 aliphatic carbocycles. The third-order valence-electron chi connectivity index (χ3n) is 4.04. The van der Waals surface area contributed by atoms with E-state index in [2.05, 4.69) is 51.3 Å². The summed E-state index contributed by atoms with van der Waals surface area (Å²) in [5.74, 6) is -0.206. The second-order valence-electron chi connectivity index (χ2n) is 5.65. The molecule has 1 atom stereocenters. The zero-order chi connectivity index (χ0) is 14.8. The number of primary amides is 1. The van der Waals surface area contributed by atoms with Crippen molar-refractivity contribution < 1.29 is 4.79 Å². The van der Waals surface area contributed by atoms with Gasteiger partial charge in [0.05, 0.1) is 5.41 Å². The van der Waals surface area contributed by atoms with Crippen LogP contribution in [0.25, 0.3) is 0 Å². The maximum Gasteiger partial charge on any atom is 0.225 e. The Morgan fingerprint density at radius 3 is 2.85 bits per heavy atom. The normalized spacial score (nSPS) is 22.2. The Balaban J connectivity index is 2.11. The lowest BCUT2D eigenvalue weighted by Crippen LogP contribution is -2.37. The summed E-state index contributed by atoms with van der Waals surface area (Å²) in [4.78, 5) is 13.7. The molecule has 0 bridgehead atoms. The van der Waals surface area contributed by atoms with Crippen LogP contribution in [0.4, 0.5) is 5.69 Å². The van der Waals surface area contributed by atoms with Crippen LogP contribution in [0.5, 0.6) is 0 Å². The maximum atomic E-state index is 11.5. The van der Waals surface area contributed by atoms with Crippen molar-refractivity contribution in [1.82, 2.24) is 5.32 Å². The Morgan fingerprint density at radius 2 is 2.30 bits per heavy atom. The molecule has 4 nitrogen and oxygen atoms in total. The number of anilines is 1. The monoisotopic (exact) mass is 339 g/mol. The van der Waals surface area contributed by atoms with Crippen LogP contribution in [-0.4, -0.2) is 25.5 Å². The minimum absolute atomic E-state index is 0.206. The molecule has 1 aliphatic heterocycles. The Kier molecular flexibility index (Phi) is 4.70. The van der Waals surface area contributed by atoms with Crippen LogP contribution in [-0.2, 0) is 11.3 Å². The van der Waals surface area contributed by atoms with Gasteiger partial charge in [0.25, 0.3) is 0 Å². The van der Waals surface area contributed by atoms with E-state index in [1.54, 1.807) is 0 Å². The highest BCUT2D eigenvalue weighted by atomic mass is 79.9. The highest BCUT2D eigenvalue weighted by Gasteiger charge is 2.38. The second kappa shape index (κ2) is 6.14. The lowest BCUT2D eigenvalue weighted by Gasteiger charge is -2.23. The number of carbonyl (C=O) groups excluding carboxylic acids is 1. The van der Waals surface area contributed by atoms with Crippen molar-refractivity contribution in [2.75, 3.05) is 24.5 Å². The summed E-state index contributed by atoms with van der Waals surface area (Å²) in [6, 6.07) is 6.37. The number of nitrogens with zero attached hydrogens (tertiary/aromatic N) is 1. The van der Waals surface area contributed by atoms with Gasteiger partial charge in [-0.05, 0) is 37.6 Å². The minimum atomic E-state index is -0.408. The highest BCUT2D eigenvalue weighted by Crippen LogP contribution is 2.34. The van der Waals surface area contributed by atoms with Crippen LogP contribution in [0.15, 0.2) is 22.7 Å². The minimum Gasteiger partial charge on any atom is -0.370 e. The van der Waals surface area contributed by atoms with Crippen molar-refractivity contribution in [2.45, 2.75) is 26.8 Å². The molecule has 1 unspecified atom stereocenters. The quantitative estimate of drug-likeness (QED) is 0.864. The van der Waals surface area contributed by atoms with Crippen LogP contribution >= 0.6 is 15.9 Å². The number of amides is 1. The molecule has 0 aromatic heterocycles. The molecule has 0 radical (unpaired) electrons. The molecule has 0 spiro atoms. The fraction of sp³-hybridized carbons (Fsp3) is 0.533. The van der Waals surface area contributed by atoms with E-state index in [0.717, 1.165) is 36.2 Å². The van der Waals surface area contributed by atoms with E-state index in [-0.39, 0.29) is 5.91 Å².